The summed E-state index contributed by atoms with van der Waals surface area (Å²) in [5.74, 6) is -0.338. The maximum atomic E-state index is 11.8. The lowest BCUT2D eigenvalue weighted by molar-refractivity contribution is -0.183. The molecule has 0 amide bonds. The molecule has 1 saturated carbocycles. The van der Waals surface area contributed by atoms with Gasteiger partial charge in [0.25, 0.3) is 0 Å². The van der Waals surface area contributed by atoms with Crippen LogP contribution in [-0.2, 0) is 19.0 Å². The van der Waals surface area contributed by atoms with Gasteiger partial charge in [-0.3, -0.25) is 0 Å². The Morgan fingerprint density at radius 2 is 2.11 bits per heavy atom. The molecule has 0 bridgehead atoms. The van der Waals surface area contributed by atoms with Crippen LogP contribution in [0.5, 0.6) is 0 Å². The zero-order valence-electron chi connectivity index (χ0n) is 11.7. The quantitative estimate of drug-likeness (QED) is 0.541. The minimum absolute atomic E-state index is 0.0512. The molecule has 0 aromatic rings. The molecule has 0 aliphatic heterocycles. The fourth-order valence-corrected chi connectivity index (χ4v) is 2.51. The zero-order chi connectivity index (χ0) is 13.6. The first-order chi connectivity index (χ1) is 8.55. The smallest absolute Gasteiger partial charge is 0.333 e. The largest absolute Gasteiger partial charge is 0.453 e. The second-order valence-electron chi connectivity index (χ2n) is 4.95. The van der Waals surface area contributed by atoms with Crippen LogP contribution >= 0.6 is 0 Å². The predicted octanol–water partition coefficient (Wildman–Crippen LogP) is 2.47. The van der Waals surface area contributed by atoms with Gasteiger partial charge in [0.2, 0.25) is 0 Å². The van der Waals surface area contributed by atoms with Crippen molar-refractivity contribution in [2.75, 3.05) is 20.8 Å². The van der Waals surface area contributed by atoms with Crippen LogP contribution in [0.2, 0.25) is 0 Å². The minimum atomic E-state index is -0.557. The first-order valence-corrected chi connectivity index (χ1v) is 6.46. The van der Waals surface area contributed by atoms with Gasteiger partial charge in [0.1, 0.15) is 5.60 Å². The van der Waals surface area contributed by atoms with Crippen LogP contribution in [0.3, 0.4) is 0 Å². The van der Waals surface area contributed by atoms with Crippen LogP contribution < -0.4 is 0 Å². The van der Waals surface area contributed by atoms with Gasteiger partial charge in [-0.05, 0) is 26.2 Å². The molecule has 0 saturated heterocycles. The van der Waals surface area contributed by atoms with E-state index in [-0.39, 0.29) is 12.1 Å². The minimum Gasteiger partial charge on any atom is -0.453 e. The van der Waals surface area contributed by atoms with Gasteiger partial charge in [-0.15, -0.1) is 0 Å². The highest BCUT2D eigenvalue weighted by atomic mass is 16.6. The molecule has 1 fully saturated rings. The average Bonchev–Trinajstić information content (AvgIpc) is 2.36. The van der Waals surface area contributed by atoms with E-state index in [1.54, 1.807) is 21.1 Å². The van der Waals surface area contributed by atoms with Gasteiger partial charge in [-0.2, -0.15) is 0 Å². The van der Waals surface area contributed by atoms with Crippen LogP contribution in [0.25, 0.3) is 0 Å². The normalized spacial score (nSPS) is 27.8. The molecule has 0 N–H and O–H groups in total. The first-order valence-electron chi connectivity index (χ1n) is 6.46. The zero-order valence-corrected chi connectivity index (χ0v) is 11.7. The van der Waals surface area contributed by atoms with Crippen molar-refractivity contribution in [3.63, 3.8) is 0 Å². The average molecular weight is 256 g/mol. The molecule has 1 aliphatic carbocycles. The molecule has 4 heteroatoms. The second kappa shape index (κ2) is 6.90. The van der Waals surface area contributed by atoms with E-state index in [4.69, 9.17) is 14.2 Å². The topological polar surface area (TPSA) is 44.8 Å². The molecular weight excluding hydrogens is 232 g/mol. The molecule has 18 heavy (non-hydrogen) atoms. The summed E-state index contributed by atoms with van der Waals surface area (Å²) in [7, 11) is 3.32. The third-order valence-electron chi connectivity index (χ3n) is 3.56. The number of carbonyl (C=O) groups is 1. The van der Waals surface area contributed by atoms with E-state index in [0.717, 1.165) is 25.7 Å². The summed E-state index contributed by atoms with van der Waals surface area (Å²) in [5.41, 5.74) is -0.133. The molecule has 104 valence electrons. The SMILES string of the molecule is C=C(C)C(=O)OC1(CCOC)CCCCC1OC. The highest BCUT2D eigenvalue weighted by Crippen LogP contribution is 2.37. The number of esters is 1. The molecule has 1 aliphatic rings. The summed E-state index contributed by atoms with van der Waals surface area (Å²) in [4.78, 5) is 11.8. The summed E-state index contributed by atoms with van der Waals surface area (Å²) < 4.78 is 16.4. The van der Waals surface area contributed by atoms with E-state index in [1.807, 2.05) is 0 Å². The van der Waals surface area contributed by atoms with Crippen molar-refractivity contribution < 1.29 is 19.0 Å². The molecule has 0 heterocycles. The van der Waals surface area contributed by atoms with Crippen molar-refractivity contribution in [1.82, 2.24) is 0 Å². The van der Waals surface area contributed by atoms with Gasteiger partial charge in [0.05, 0.1) is 12.7 Å². The monoisotopic (exact) mass is 256 g/mol. The fourth-order valence-electron chi connectivity index (χ4n) is 2.51. The summed E-state index contributed by atoms with van der Waals surface area (Å²) >= 11 is 0. The highest BCUT2D eigenvalue weighted by Gasteiger charge is 2.44. The molecule has 2 unspecified atom stereocenters. The Morgan fingerprint density at radius 1 is 1.39 bits per heavy atom. The van der Waals surface area contributed by atoms with E-state index >= 15 is 0 Å². The van der Waals surface area contributed by atoms with E-state index in [2.05, 4.69) is 6.58 Å². The lowest BCUT2D eigenvalue weighted by Crippen LogP contribution is -2.50. The van der Waals surface area contributed by atoms with Crippen molar-refractivity contribution in [3.05, 3.63) is 12.2 Å². The standard InChI is InChI=1S/C14H24O4/c1-11(2)13(15)18-14(9-10-16-3)8-6-5-7-12(14)17-4/h12H,1,5-10H2,2-4H3. The molecule has 2 atom stereocenters. The van der Waals surface area contributed by atoms with Crippen LogP contribution in [0.4, 0.5) is 0 Å². The molecule has 0 aromatic carbocycles. The lowest BCUT2D eigenvalue weighted by Gasteiger charge is -2.42. The van der Waals surface area contributed by atoms with Crippen molar-refractivity contribution >= 4 is 5.97 Å². The van der Waals surface area contributed by atoms with Crippen molar-refractivity contribution in [3.8, 4) is 0 Å². The van der Waals surface area contributed by atoms with E-state index in [9.17, 15) is 4.79 Å². The molecule has 0 spiro atoms. The summed E-state index contributed by atoms with van der Waals surface area (Å²) in [5, 5.41) is 0. The Hall–Kier alpha value is -0.870. The van der Waals surface area contributed by atoms with Gasteiger partial charge in [0, 0.05) is 26.2 Å². The van der Waals surface area contributed by atoms with Crippen LogP contribution in [0.15, 0.2) is 12.2 Å². The Bertz CT molecular complexity index is 300. The second-order valence-corrected chi connectivity index (χ2v) is 4.95. The molecular formula is C14H24O4. The Balaban J connectivity index is 2.84. The van der Waals surface area contributed by atoms with Crippen LogP contribution in [0.1, 0.15) is 39.0 Å². The number of hydrogen-bond donors (Lipinski definition) is 0. The van der Waals surface area contributed by atoms with Gasteiger partial charge in [0.15, 0.2) is 0 Å². The third kappa shape index (κ3) is 3.56. The maximum absolute atomic E-state index is 11.8. The van der Waals surface area contributed by atoms with Crippen molar-refractivity contribution in [2.24, 2.45) is 0 Å². The number of ether oxygens (including phenoxy) is 3. The molecule has 1 rings (SSSR count). The summed E-state index contributed by atoms with van der Waals surface area (Å²) in [6, 6.07) is 0. The van der Waals surface area contributed by atoms with E-state index < -0.39 is 5.60 Å². The highest BCUT2D eigenvalue weighted by molar-refractivity contribution is 5.87. The van der Waals surface area contributed by atoms with Crippen molar-refractivity contribution in [1.29, 1.82) is 0 Å². The summed E-state index contributed by atoms with van der Waals surface area (Å²) in [6.45, 7) is 5.86. The number of carbonyl (C=O) groups excluding carboxylic acids is 1. The Morgan fingerprint density at radius 3 is 2.67 bits per heavy atom. The van der Waals surface area contributed by atoms with E-state index in [1.165, 1.54) is 0 Å². The Labute approximate surface area is 109 Å². The van der Waals surface area contributed by atoms with Gasteiger partial charge >= 0.3 is 5.97 Å². The fraction of sp³-hybridized carbons (Fsp3) is 0.786. The van der Waals surface area contributed by atoms with Crippen LogP contribution in [-0.4, -0.2) is 38.5 Å². The van der Waals surface area contributed by atoms with Gasteiger partial charge < -0.3 is 14.2 Å². The van der Waals surface area contributed by atoms with Crippen LogP contribution in [0, 0.1) is 0 Å². The number of rotatable bonds is 6. The Kier molecular flexibility index (Phi) is 5.82. The maximum Gasteiger partial charge on any atom is 0.333 e. The summed E-state index contributed by atoms with van der Waals surface area (Å²) in [6.07, 6.45) is 4.52. The predicted molar refractivity (Wildman–Crippen MR) is 69.4 cm³/mol. The van der Waals surface area contributed by atoms with E-state index in [0.29, 0.717) is 18.6 Å². The number of hydrogen-bond acceptors (Lipinski definition) is 4. The first kappa shape index (κ1) is 15.2. The molecule has 0 aromatic heterocycles. The third-order valence-corrected chi connectivity index (χ3v) is 3.56. The van der Waals surface area contributed by atoms with Gasteiger partial charge in [-0.1, -0.05) is 13.0 Å². The van der Waals surface area contributed by atoms with Crippen molar-refractivity contribution in [2.45, 2.75) is 50.7 Å². The molecule has 4 nitrogen and oxygen atoms in total. The number of methoxy groups -OCH3 is 2. The van der Waals surface area contributed by atoms with Gasteiger partial charge in [-0.25, -0.2) is 4.79 Å². The lowest BCUT2D eigenvalue weighted by atomic mass is 9.79. The molecule has 0 radical (unpaired) electrons.